The second kappa shape index (κ2) is 7.21. The Balaban J connectivity index is 2.36. The van der Waals surface area contributed by atoms with Gasteiger partial charge in [0.25, 0.3) is 0 Å². The molecule has 0 fully saturated rings. The first-order valence-electron chi connectivity index (χ1n) is 5.06. The van der Waals surface area contributed by atoms with Crippen LogP contribution >= 0.6 is 0 Å². The molecular weight excluding hydrogens is 228 g/mol. The molecule has 1 aromatic carbocycles. The van der Waals surface area contributed by atoms with Crippen LogP contribution in [-0.4, -0.2) is 28.4 Å². The standard InChI is InChI=1S/C10H16N2O3S/c1-2-11-7-8-12-9-3-5-10(6-4-9)15-16(13)14/h3-6,11-12H,2,7-8H2,1H3,(H,13,14). The molecule has 0 aliphatic carbocycles. The monoisotopic (exact) mass is 244 g/mol. The minimum atomic E-state index is -2.26. The van der Waals surface area contributed by atoms with E-state index in [9.17, 15) is 4.21 Å². The van der Waals surface area contributed by atoms with Gasteiger partial charge in [0.15, 0.2) is 0 Å². The van der Waals surface area contributed by atoms with Crippen molar-refractivity contribution >= 4 is 17.0 Å². The van der Waals surface area contributed by atoms with E-state index in [0.717, 1.165) is 25.3 Å². The van der Waals surface area contributed by atoms with Crippen LogP contribution in [0.25, 0.3) is 0 Å². The molecule has 1 unspecified atom stereocenters. The van der Waals surface area contributed by atoms with Crippen molar-refractivity contribution in [2.75, 3.05) is 25.0 Å². The summed E-state index contributed by atoms with van der Waals surface area (Å²) in [5.74, 6) is 0.373. The Hall–Kier alpha value is -1.11. The summed E-state index contributed by atoms with van der Waals surface area (Å²) in [6.45, 7) is 4.74. The molecule has 0 aromatic heterocycles. The van der Waals surface area contributed by atoms with Gasteiger partial charge in [-0.1, -0.05) is 6.92 Å². The van der Waals surface area contributed by atoms with Gasteiger partial charge >= 0.3 is 11.4 Å². The topological polar surface area (TPSA) is 70.6 Å². The number of likely N-dealkylation sites (N-methyl/N-ethyl adjacent to an activating group) is 1. The molecule has 0 saturated heterocycles. The number of hydrogen-bond acceptors (Lipinski definition) is 4. The van der Waals surface area contributed by atoms with Crippen LogP contribution in [0.4, 0.5) is 5.69 Å². The van der Waals surface area contributed by atoms with Gasteiger partial charge in [0, 0.05) is 18.8 Å². The van der Waals surface area contributed by atoms with Crippen molar-refractivity contribution in [2.24, 2.45) is 0 Å². The molecule has 0 bridgehead atoms. The van der Waals surface area contributed by atoms with Crippen molar-refractivity contribution < 1.29 is 12.9 Å². The highest BCUT2D eigenvalue weighted by Gasteiger charge is 1.98. The van der Waals surface area contributed by atoms with Gasteiger partial charge in [-0.2, -0.15) is 4.21 Å². The van der Waals surface area contributed by atoms with Crippen LogP contribution < -0.4 is 14.8 Å². The minimum Gasteiger partial charge on any atom is -0.384 e. The molecule has 3 N–H and O–H groups in total. The molecule has 1 aromatic rings. The summed E-state index contributed by atoms with van der Waals surface area (Å²) in [6.07, 6.45) is 0. The fourth-order valence-electron chi connectivity index (χ4n) is 1.18. The molecule has 1 rings (SSSR count). The molecule has 0 amide bonds. The highest BCUT2D eigenvalue weighted by atomic mass is 32.2. The highest BCUT2D eigenvalue weighted by Crippen LogP contribution is 2.15. The predicted molar refractivity (Wildman–Crippen MR) is 64.9 cm³/mol. The Morgan fingerprint density at radius 1 is 1.31 bits per heavy atom. The van der Waals surface area contributed by atoms with Gasteiger partial charge in [0.05, 0.1) is 0 Å². The van der Waals surface area contributed by atoms with Gasteiger partial charge in [0.2, 0.25) is 0 Å². The Labute approximate surface area is 97.7 Å². The molecule has 0 spiro atoms. The lowest BCUT2D eigenvalue weighted by Crippen LogP contribution is -2.21. The van der Waals surface area contributed by atoms with Crippen molar-refractivity contribution in [1.82, 2.24) is 5.32 Å². The third-order valence-electron chi connectivity index (χ3n) is 1.90. The molecular formula is C10H16N2O3S. The summed E-state index contributed by atoms with van der Waals surface area (Å²) >= 11 is -2.26. The van der Waals surface area contributed by atoms with Crippen LogP contribution in [0, 0.1) is 0 Å². The molecule has 1 atom stereocenters. The number of benzene rings is 1. The average molecular weight is 244 g/mol. The smallest absolute Gasteiger partial charge is 0.357 e. The highest BCUT2D eigenvalue weighted by molar-refractivity contribution is 7.74. The molecule has 16 heavy (non-hydrogen) atoms. The van der Waals surface area contributed by atoms with E-state index in [1.165, 1.54) is 0 Å². The first kappa shape index (κ1) is 13.0. The molecule has 5 nitrogen and oxygen atoms in total. The van der Waals surface area contributed by atoms with E-state index in [1.807, 2.05) is 0 Å². The average Bonchev–Trinajstić information content (AvgIpc) is 2.26. The predicted octanol–water partition coefficient (Wildman–Crippen LogP) is 1.22. The van der Waals surface area contributed by atoms with Gasteiger partial charge in [0.1, 0.15) is 5.75 Å². The fourth-order valence-corrected chi connectivity index (χ4v) is 1.46. The van der Waals surface area contributed by atoms with E-state index in [1.54, 1.807) is 24.3 Å². The van der Waals surface area contributed by atoms with Crippen molar-refractivity contribution in [1.29, 1.82) is 0 Å². The normalized spacial score (nSPS) is 12.1. The van der Waals surface area contributed by atoms with Gasteiger partial charge < -0.3 is 14.8 Å². The lowest BCUT2D eigenvalue weighted by molar-refractivity contribution is 0.458. The summed E-state index contributed by atoms with van der Waals surface area (Å²) < 4.78 is 23.5. The lowest BCUT2D eigenvalue weighted by Gasteiger charge is -2.07. The van der Waals surface area contributed by atoms with Gasteiger partial charge in [-0.05, 0) is 30.8 Å². The second-order valence-corrected chi connectivity index (χ2v) is 3.71. The quantitative estimate of drug-likeness (QED) is 0.497. The van der Waals surface area contributed by atoms with E-state index in [4.69, 9.17) is 4.55 Å². The Morgan fingerprint density at radius 3 is 2.56 bits per heavy atom. The molecule has 0 aliphatic rings. The first-order chi connectivity index (χ1) is 7.72. The second-order valence-electron chi connectivity index (χ2n) is 3.11. The van der Waals surface area contributed by atoms with E-state index in [0.29, 0.717) is 5.75 Å². The van der Waals surface area contributed by atoms with E-state index in [2.05, 4.69) is 21.7 Å². The summed E-state index contributed by atoms with van der Waals surface area (Å²) in [6, 6.07) is 6.88. The molecule has 6 heteroatoms. The third kappa shape index (κ3) is 5.11. The largest absolute Gasteiger partial charge is 0.384 e. The maximum absolute atomic E-state index is 10.4. The van der Waals surface area contributed by atoms with Crippen molar-refractivity contribution in [3.8, 4) is 5.75 Å². The Bertz CT molecular complexity index is 329. The van der Waals surface area contributed by atoms with Crippen LogP contribution in [-0.2, 0) is 11.4 Å². The van der Waals surface area contributed by atoms with E-state index in [-0.39, 0.29) is 0 Å². The minimum absolute atomic E-state index is 0.373. The molecule has 90 valence electrons. The zero-order chi connectivity index (χ0) is 11.8. The van der Waals surface area contributed by atoms with Crippen LogP contribution in [0.15, 0.2) is 24.3 Å². The molecule has 0 aliphatic heterocycles. The van der Waals surface area contributed by atoms with Crippen LogP contribution in [0.5, 0.6) is 5.75 Å². The number of hydrogen-bond donors (Lipinski definition) is 3. The first-order valence-corrected chi connectivity index (χ1v) is 6.09. The van der Waals surface area contributed by atoms with Crippen LogP contribution in [0.2, 0.25) is 0 Å². The van der Waals surface area contributed by atoms with Gasteiger partial charge in [-0.3, -0.25) is 4.55 Å². The van der Waals surface area contributed by atoms with Crippen molar-refractivity contribution in [3.05, 3.63) is 24.3 Å². The van der Waals surface area contributed by atoms with E-state index >= 15 is 0 Å². The number of nitrogens with one attached hydrogen (secondary N) is 2. The summed E-state index contributed by atoms with van der Waals surface area (Å²) in [5, 5.41) is 6.40. The fraction of sp³-hybridized carbons (Fsp3) is 0.400. The number of anilines is 1. The zero-order valence-corrected chi connectivity index (χ0v) is 9.92. The van der Waals surface area contributed by atoms with E-state index < -0.39 is 11.4 Å². The Morgan fingerprint density at radius 2 is 2.00 bits per heavy atom. The van der Waals surface area contributed by atoms with Crippen LogP contribution in [0.3, 0.4) is 0 Å². The zero-order valence-electron chi connectivity index (χ0n) is 9.10. The van der Waals surface area contributed by atoms with Crippen LogP contribution in [0.1, 0.15) is 6.92 Å². The van der Waals surface area contributed by atoms with Crippen molar-refractivity contribution in [3.63, 3.8) is 0 Å². The summed E-state index contributed by atoms with van der Waals surface area (Å²) in [7, 11) is 0. The molecule has 0 radical (unpaired) electrons. The summed E-state index contributed by atoms with van der Waals surface area (Å²) in [4.78, 5) is 0. The maximum atomic E-state index is 10.4. The van der Waals surface area contributed by atoms with Gasteiger partial charge in [-0.15, -0.1) is 0 Å². The third-order valence-corrected chi connectivity index (χ3v) is 2.24. The molecule has 0 heterocycles. The SMILES string of the molecule is CCNCCNc1ccc(OS(=O)O)cc1. The van der Waals surface area contributed by atoms with Gasteiger partial charge in [-0.25, -0.2) is 0 Å². The molecule has 0 saturated carbocycles. The number of rotatable bonds is 7. The van der Waals surface area contributed by atoms with Crippen molar-refractivity contribution in [2.45, 2.75) is 6.92 Å². The lowest BCUT2D eigenvalue weighted by atomic mass is 10.3. The summed E-state index contributed by atoms with van der Waals surface area (Å²) in [5.41, 5.74) is 0.953. The maximum Gasteiger partial charge on any atom is 0.357 e. The Kier molecular flexibility index (Phi) is 5.84.